The maximum atomic E-state index is 12.8. The Labute approximate surface area is 159 Å². The van der Waals surface area contributed by atoms with Crippen LogP contribution in [0.25, 0.3) is 0 Å². The van der Waals surface area contributed by atoms with Gasteiger partial charge in [0.1, 0.15) is 5.71 Å². The van der Waals surface area contributed by atoms with E-state index < -0.39 is 0 Å². The van der Waals surface area contributed by atoms with Crippen LogP contribution in [0, 0.1) is 5.92 Å². The Morgan fingerprint density at radius 3 is 2.59 bits per heavy atom. The number of amides is 2. The normalized spacial score (nSPS) is 20.1. The molecular weight excluding hydrogens is 346 g/mol. The monoisotopic (exact) mass is 373 g/mol. The summed E-state index contributed by atoms with van der Waals surface area (Å²) in [5.74, 6) is 0.197. The lowest BCUT2D eigenvalue weighted by molar-refractivity contribution is -0.124. The summed E-state index contributed by atoms with van der Waals surface area (Å²) in [4.78, 5) is 33.8. The first-order valence-electron chi connectivity index (χ1n) is 9.53. The van der Waals surface area contributed by atoms with Crippen molar-refractivity contribution >= 4 is 17.7 Å². The van der Waals surface area contributed by atoms with E-state index in [1.54, 1.807) is 9.80 Å². The van der Waals surface area contributed by atoms with Crippen molar-refractivity contribution in [2.75, 3.05) is 32.8 Å². The molecule has 0 aromatic heterocycles. The number of benzene rings is 1. The molecule has 2 aliphatic rings. The number of carbonyl (C=O) groups excluding carboxylic acids is 2. The number of hydrogen-bond acceptors (Lipinski definition) is 5. The van der Waals surface area contributed by atoms with Crippen molar-refractivity contribution in [3.63, 3.8) is 0 Å². The number of ether oxygens (including phenoxy) is 1. The van der Waals surface area contributed by atoms with Crippen molar-refractivity contribution in [3.8, 4) is 0 Å². The molecule has 7 heteroatoms. The summed E-state index contributed by atoms with van der Waals surface area (Å²) in [7, 11) is 0. The van der Waals surface area contributed by atoms with Crippen molar-refractivity contribution in [2.45, 2.75) is 32.8 Å². The second-order valence-corrected chi connectivity index (χ2v) is 7.35. The Bertz CT molecular complexity index is 690. The average Bonchev–Trinajstić information content (AvgIpc) is 3.04. The fraction of sp³-hybridized carbons (Fsp3) is 0.550. The second-order valence-electron chi connectivity index (χ2n) is 7.35. The third-order valence-corrected chi connectivity index (χ3v) is 4.67. The molecule has 146 valence electrons. The van der Waals surface area contributed by atoms with Crippen LogP contribution in [-0.2, 0) is 14.4 Å². The van der Waals surface area contributed by atoms with Gasteiger partial charge in [0, 0.05) is 32.6 Å². The topological polar surface area (TPSA) is 71.4 Å². The Morgan fingerprint density at radius 2 is 1.85 bits per heavy atom. The first kappa shape index (κ1) is 19.2. The summed E-state index contributed by atoms with van der Waals surface area (Å²) in [6, 6.07) is 9.78. The minimum atomic E-state index is -0.302. The van der Waals surface area contributed by atoms with Crippen LogP contribution in [0.1, 0.15) is 38.4 Å². The molecule has 3 rings (SSSR count). The summed E-state index contributed by atoms with van der Waals surface area (Å²) < 4.78 is 5.30. The van der Waals surface area contributed by atoms with Gasteiger partial charge in [-0.05, 0) is 17.9 Å². The molecule has 2 amide bonds. The van der Waals surface area contributed by atoms with Crippen molar-refractivity contribution in [1.82, 2.24) is 9.80 Å². The SMILES string of the molecule is CC(C)COC(=O)N1CCCN(C(=O)C2=NOC(c3ccccc3)C2)CC1. The minimum Gasteiger partial charge on any atom is -0.449 e. The van der Waals surface area contributed by atoms with Crippen LogP contribution in [-0.4, -0.2) is 60.3 Å². The number of carbonyl (C=O) groups is 2. The molecular formula is C20H27N3O4. The van der Waals surface area contributed by atoms with E-state index in [1.807, 2.05) is 44.2 Å². The molecule has 1 unspecified atom stereocenters. The van der Waals surface area contributed by atoms with Crippen LogP contribution >= 0.6 is 0 Å². The Hall–Kier alpha value is -2.57. The molecule has 1 atom stereocenters. The molecule has 0 saturated carbocycles. The fourth-order valence-corrected chi connectivity index (χ4v) is 3.17. The molecule has 2 heterocycles. The minimum absolute atomic E-state index is 0.106. The van der Waals surface area contributed by atoms with Gasteiger partial charge in [0.25, 0.3) is 5.91 Å². The molecule has 1 fully saturated rings. The lowest BCUT2D eigenvalue weighted by Gasteiger charge is -2.22. The van der Waals surface area contributed by atoms with Gasteiger partial charge in [0.2, 0.25) is 0 Å². The van der Waals surface area contributed by atoms with Gasteiger partial charge in [-0.1, -0.05) is 49.3 Å². The summed E-state index contributed by atoms with van der Waals surface area (Å²) in [6.45, 7) is 6.56. The highest BCUT2D eigenvalue weighted by Gasteiger charge is 2.31. The summed E-state index contributed by atoms with van der Waals surface area (Å²) >= 11 is 0. The van der Waals surface area contributed by atoms with E-state index in [1.165, 1.54) is 0 Å². The van der Waals surface area contributed by atoms with E-state index in [0.717, 1.165) is 12.0 Å². The summed E-state index contributed by atoms with van der Waals surface area (Å²) in [5, 5.41) is 4.02. The number of hydrogen-bond donors (Lipinski definition) is 0. The highest BCUT2D eigenvalue weighted by atomic mass is 16.6. The Morgan fingerprint density at radius 1 is 1.15 bits per heavy atom. The standard InChI is InChI=1S/C20H27N3O4/c1-15(2)14-26-20(25)23-10-6-9-22(11-12-23)19(24)17-13-18(27-21-17)16-7-4-3-5-8-16/h3-5,7-8,15,18H,6,9-14H2,1-2H3. The van der Waals surface area contributed by atoms with E-state index in [2.05, 4.69) is 5.16 Å². The summed E-state index contributed by atoms with van der Waals surface area (Å²) in [6.07, 6.45) is 0.682. The lowest BCUT2D eigenvalue weighted by atomic mass is 10.0. The third kappa shape index (κ3) is 4.99. The summed E-state index contributed by atoms with van der Waals surface area (Å²) in [5.41, 5.74) is 1.46. The molecule has 7 nitrogen and oxygen atoms in total. The predicted octanol–water partition coefficient (Wildman–Crippen LogP) is 2.83. The van der Waals surface area contributed by atoms with E-state index in [4.69, 9.17) is 9.57 Å². The van der Waals surface area contributed by atoms with E-state index in [0.29, 0.717) is 50.8 Å². The van der Waals surface area contributed by atoms with Gasteiger partial charge in [-0.25, -0.2) is 4.79 Å². The molecule has 0 spiro atoms. The number of nitrogens with zero attached hydrogens (tertiary/aromatic N) is 3. The largest absolute Gasteiger partial charge is 0.449 e. The van der Waals surface area contributed by atoms with Crippen LogP contribution in [0.4, 0.5) is 4.79 Å². The quantitative estimate of drug-likeness (QED) is 0.814. The predicted molar refractivity (Wildman–Crippen MR) is 101 cm³/mol. The van der Waals surface area contributed by atoms with Gasteiger partial charge in [-0.3, -0.25) is 4.79 Å². The van der Waals surface area contributed by atoms with Crippen molar-refractivity contribution in [2.24, 2.45) is 11.1 Å². The molecule has 1 saturated heterocycles. The molecule has 0 aliphatic carbocycles. The van der Waals surface area contributed by atoms with Crippen molar-refractivity contribution in [1.29, 1.82) is 0 Å². The van der Waals surface area contributed by atoms with Gasteiger partial charge < -0.3 is 19.4 Å². The number of rotatable bonds is 4. The second kappa shape index (κ2) is 8.88. The van der Waals surface area contributed by atoms with E-state index in [9.17, 15) is 9.59 Å². The van der Waals surface area contributed by atoms with Crippen molar-refractivity contribution < 1.29 is 19.2 Å². The van der Waals surface area contributed by atoms with Crippen LogP contribution in [0.15, 0.2) is 35.5 Å². The average molecular weight is 373 g/mol. The number of oxime groups is 1. The van der Waals surface area contributed by atoms with Gasteiger partial charge in [0.15, 0.2) is 6.10 Å². The molecule has 1 aromatic rings. The molecule has 0 bridgehead atoms. The molecule has 1 aromatic carbocycles. The van der Waals surface area contributed by atoms with Gasteiger partial charge >= 0.3 is 6.09 Å². The maximum Gasteiger partial charge on any atom is 0.409 e. The fourth-order valence-electron chi connectivity index (χ4n) is 3.17. The van der Waals surface area contributed by atoms with E-state index >= 15 is 0 Å². The van der Waals surface area contributed by atoms with Crippen molar-refractivity contribution in [3.05, 3.63) is 35.9 Å². The maximum absolute atomic E-state index is 12.8. The highest BCUT2D eigenvalue weighted by Crippen LogP contribution is 2.27. The van der Waals surface area contributed by atoms with Crippen LogP contribution < -0.4 is 0 Å². The Balaban J connectivity index is 1.52. The van der Waals surface area contributed by atoms with Crippen LogP contribution in [0.5, 0.6) is 0 Å². The van der Waals surface area contributed by atoms with Gasteiger partial charge in [0.05, 0.1) is 6.61 Å². The highest BCUT2D eigenvalue weighted by molar-refractivity contribution is 6.39. The zero-order valence-electron chi connectivity index (χ0n) is 16.0. The Kier molecular flexibility index (Phi) is 6.32. The lowest BCUT2D eigenvalue weighted by Crippen LogP contribution is -2.40. The molecule has 2 aliphatic heterocycles. The smallest absolute Gasteiger partial charge is 0.409 e. The van der Waals surface area contributed by atoms with Gasteiger partial charge in [-0.15, -0.1) is 0 Å². The zero-order valence-corrected chi connectivity index (χ0v) is 16.0. The first-order valence-corrected chi connectivity index (χ1v) is 9.53. The van der Waals surface area contributed by atoms with Crippen LogP contribution in [0.2, 0.25) is 0 Å². The molecule has 0 radical (unpaired) electrons. The third-order valence-electron chi connectivity index (χ3n) is 4.67. The van der Waals surface area contributed by atoms with Gasteiger partial charge in [-0.2, -0.15) is 0 Å². The van der Waals surface area contributed by atoms with Crippen LogP contribution in [0.3, 0.4) is 0 Å². The van der Waals surface area contributed by atoms with E-state index in [-0.39, 0.29) is 18.1 Å². The molecule has 0 N–H and O–H groups in total. The molecule has 27 heavy (non-hydrogen) atoms. The first-order chi connectivity index (χ1) is 13.0. The zero-order chi connectivity index (χ0) is 19.2.